The van der Waals surface area contributed by atoms with Gasteiger partial charge in [-0.05, 0) is 45.2 Å². The summed E-state index contributed by atoms with van der Waals surface area (Å²) in [5.41, 5.74) is 6.46. The van der Waals surface area contributed by atoms with E-state index in [1.165, 1.54) is 11.3 Å². The summed E-state index contributed by atoms with van der Waals surface area (Å²) in [6.45, 7) is 1.85. The Balaban J connectivity index is 1.47. The topological polar surface area (TPSA) is 88.3 Å². The van der Waals surface area contributed by atoms with E-state index in [0.717, 1.165) is 49.6 Å². The molecule has 0 aromatic carbocycles. The molecule has 1 saturated heterocycles. The largest absolute Gasteiger partial charge is 0.369 e. The van der Waals surface area contributed by atoms with E-state index in [9.17, 15) is 9.59 Å². The lowest BCUT2D eigenvalue weighted by molar-refractivity contribution is -0.123. The van der Waals surface area contributed by atoms with Crippen LogP contribution in [-0.2, 0) is 22.4 Å². The van der Waals surface area contributed by atoms with Gasteiger partial charge in [0.05, 0.1) is 12.2 Å². The average Bonchev–Trinajstić information content (AvgIpc) is 3.00. The van der Waals surface area contributed by atoms with Gasteiger partial charge in [-0.15, -0.1) is 11.3 Å². The number of carbonyl (C=O) groups excluding carboxylic acids is 2. The molecule has 0 spiro atoms. The predicted molar refractivity (Wildman–Crippen MR) is 81.1 cm³/mol. The number of fused-ring (bicyclic) bond motifs is 1. The molecule has 1 aromatic heterocycles. The van der Waals surface area contributed by atoms with Crippen LogP contribution in [0.2, 0.25) is 0 Å². The zero-order valence-electron chi connectivity index (χ0n) is 11.9. The number of likely N-dealkylation sites (tertiary alicyclic amines) is 1. The van der Waals surface area contributed by atoms with Crippen LogP contribution in [0.15, 0.2) is 0 Å². The Morgan fingerprint density at radius 1 is 1.33 bits per heavy atom. The van der Waals surface area contributed by atoms with E-state index in [0.29, 0.717) is 6.54 Å². The number of carbonyl (C=O) groups is 2. The number of amides is 2. The number of anilines is 1. The lowest BCUT2D eigenvalue weighted by Gasteiger charge is -2.29. The van der Waals surface area contributed by atoms with E-state index in [4.69, 9.17) is 5.73 Å². The number of primary amides is 1. The van der Waals surface area contributed by atoms with E-state index in [-0.39, 0.29) is 17.7 Å². The van der Waals surface area contributed by atoms with Crippen LogP contribution in [0.25, 0.3) is 0 Å². The normalized spacial score (nSPS) is 19.4. The maximum Gasteiger partial charge on any atom is 0.240 e. The standard InChI is InChI=1S/C14H20N4O2S/c15-13(20)9-4-6-18(7-5-9)8-12(19)17-14-16-10-2-1-3-11(10)21-14/h9H,1-8H2,(H2,15,20)(H,16,17,19). The molecule has 3 rings (SSSR count). The van der Waals surface area contributed by atoms with Crippen molar-refractivity contribution in [3.8, 4) is 0 Å². The number of piperidine rings is 1. The zero-order chi connectivity index (χ0) is 14.8. The third-order valence-corrected chi connectivity index (χ3v) is 5.27. The minimum absolute atomic E-state index is 0.0278. The van der Waals surface area contributed by atoms with Crippen molar-refractivity contribution in [3.05, 3.63) is 10.6 Å². The first-order chi connectivity index (χ1) is 10.1. The van der Waals surface area contributed by atoms with Crippen LogP contribution >= 0.6 is 11.3 Å². The van der Waals surface area contributed by atoms with Crippen molar-refractivity contribution in [3.63, 3.8) is 0 Å². The van der Waals surface area contributed by atoms with Gasteiger partial charge in [-0.1, -0.05) is 0 Å². The van der Waals surface area contributed by atoms with Crippen LogP contribution in [0, 0.1) is 5.92 Å². The van der Waals surface area contributed by atoms with Crippen LogP contribution in [0.1, 0.15) is 29.8 Å². The smallest absolute Gasteiger partial charge is 0.240 e. The minimum atomic E-state index is -0.226. The fourth-order valence-electron chi connectivity index (χ4n) is 2.98. The van der Waals surface area contributed by atoms with Crippen molar-refractivity contribution in [2.24, 2.45) is 11.7 Å². The van der Waals surface area contributed by atoms with Crippen LogP contribution in [-0.4, -0.2) is 41.3 Å². The van der Waals surface area contributed by atoms with Crippen LogP contribution in [0.3, 0.4) is 0 Å². The maximum absolute atomic E-state index is 12.0. The van der Waals surface area contributed by atoms with E-state index < -0.39 is 0 Å². The fraction of sp³-hybridized carbons (Fsp3) is 0.643. The molecule has 0 bridgehead atoms. The molecule has 7 heteroatoms. The lowest BCUT2D eigenvalue weighted by Crippen LogP contribution is -2.42. The Bertz CT molecular complexity index is 528. The molecule has 0 atom stereocenters. The molecular formula is C14H20N4O2S. The van der Waals surface area contributed by atoms with Crippen molar-refractivity contribution in [2.45, 2.75) is 32.1 Å². The molecule has 3 N–H and O–H groups in total. The second-order valence-electron chi connectivity index (χ2n) is 5.74. The summed E-state index contributed by atoms with van der Waals surface area (Å²) in [6.07, 6.45) is 4.78. The highest BCUT2D eigenvalue weighted by molar-refractivity contribution is 7.15. The quantitative estimate of drug-likeness (QED) is 0.860. The number of nitrogens with zero attached hydrogens (tertiary/aromatic N) is 2. The molecule has 114 valence electrons. The summed E-state index contributed by atoms with van der Waals surface area (Å²) in [5, 5.41) is 3.61. The first-order valence-corrected chi connectivity index (χ1v) is 8.23. The average molecular weight is 308 g/mol. The number of nitrogens with two attached hydrogens (primary N) is 1. The lowest BCUT2D eigenvalue weighted by atomic mass is 9.96. The third-order valence-electron chi connectivity index (χ3n) is 4.20. The molecule has 2 amide bonds. The first-order valence-electron chi connectivity index (χ1n) is 7.42. The Hall–Kier alpha value is -1.47. The summed E-state index contributed by atoms with van der Waals surface area (Å²) in [5.74, 6) is -0.289. The molecule has 2 aliphatic rings. The fourth-order valence-corrected chi connectivity index (χ4v) is 4.05. The first kappa shape index (κ1) is 14.5. The Labute approximate surface area is 127 Å². The highest BCUT2D eigenvalue weighted by Crippen LogP contribution is 2.30. The second-order valence-corrected chi connectivity index (χ2v) is 6.83. The Morgan fingerprint density at radius 2 is 2.10 bits per heavy atom. The van der Waals surface area contributed by atoms with Crippen molar-refractivity contribution in [1.82, 2.24) is 9.88 Å². The number of hydrogen-bond acceptors (Lipinski definition) is 5. The van der Waals surface area contributed by atoms with Crippen molar-refractivity contribution in [1.29, 1.82) is 0 Å². The molecular weight excluding hydrogens is 288 g/mol. The number of aromatic nitrogens is 1. The van der Waals surface area contributed by atoms with Gasteiger partial charge in [0.2, 0.25) is 11.8 Å². The molecule has 0 saturated carbocycles. The summed E-state index contributed by atoms with van der Waals surface area (Å²) < 4.78 is 0. The molecule has 6 nitrogen and oxygen atoms in total. The number of nitrogens with one attached hydrogen (secondary N) is 1. The monoisotopic (exact) mass is 308 g/mol. The van der Waals surface area contributed by atoms with Gasteiger partial charge in [0.1, 0.15) is 0 Å². The molecule has 2 heterocycles. The number of rotatable bonds is 4. The van der Waals surface area contributed by atoms with Gasteiger partial charge in [0.15, 0.2) is 5.13 Å². The van der Waals surface area contributed by atoms with E-state index in [2.05, 4.69) is 15.2 Å². The van der Waals surface area contributed by atoms with Gasteiger partial charge in [0, 0.05) is 10.8 Å². The Morgan fingerprint density at radius 3 is 2.76 bits per heavy atom. The molecule has 0 radical (unpaired) electrons. The van der Waals surface area contributed by atoms with Crippen molar-refractivity contribution >= 4 is 28.3 Å². The zero-order valence-corrected chi connectivity index (χ0v) is 12.7. The van der Waals surface area contributed by atoms with Gasteiger partial charge < -0.3 is 11.1 Å². The van der Waals surface area contributed by atoms with Gasteiger partial charge in [-0.2, -0.15) is 0 Å². The van der Waals surface area contributed by atoms with Gasteiger partial charge in [-0.25, -0.2) is 4.98 Å². The highest BCUT2D eigenvalue weighted by atomic mass is 32.1. The van der Waals surface area contributed by atoms with Crippen LogP contribution in [0.5, 0.6) is 0 Å². The van der Waals surface area contributed by atoms with Crippen LogP contribution < -0.4 is 11.1 Å². The Kier molecular flexibility index (Phi) is 4.21. The molecule has 0 unspecified atom stereocenters. The molecule has 1 aromatic rings. The molecule has 1 fully saturated rings. The van der Waals surface area contributed by atoms with Gasteiger partial charge in [-0.3, -0.25) is 14.5 Å². The van der Waals surface area contributed by atoms with Crippen LogP contribution in [0.4, 0.5) is 5.13 Å². The predicted octanol–water partition coefficient (Wildman–Crippen LogP) is 0.768. The summed E-state index contributed by atoms with van der Waals surface area (Å²) in [4.78, 5) is 31.0. The van der Waals surface area contributed by atoms with E-state index >= 15 is 0 Å². The van der Waals surface area contributed by atoms with Gasteiger partial charge >= 0.3 is 0 Å². The van der Waals surface area contributed by atoms with Gasteiger partial charge in [0.25, 0.3) is 0 Å². The van der Waals surface area contributed by atoms with E-state index in [1.807, 2.05) is 0 Å². The maximum atomic E-state index is 12.0. The minimum Gasteiger partial charge on any atom is -0.369 e. The third kappa shape index (κ3) is 3.41. The highest BCUT2D eigenvalue weighted by Gasteiger charge is 2.24. The molecule has 1 aliphatic heterocycles. The number of hydrogen-bond donors (Lipinski definition) is 2. The number of aryl methyl sites for hydroxylation is 2. The summed E-state index contributed by atoms with van der Waals surface area (Å²) in [7, 11) is 0. The summed E-state index contributed by atoms with van der Waals surface area (Å²) >= 11 is 1.59. The molecule has 1 aliphatic carbocycles. The van der Waals surface area contributed by atoms with E-state index in [1.54, 1.807) is 11.3 Å². The van der Waals surface area contributed by atoms with Crippen molar-refractivity contribution < 1.29 is 9.59 Å². The summed E-state index contributed by atoms with van der Waals surface area (Å²) in [6, 6.07) is 0. The number of thiazole rings is 1. The second kappa shape index (κ2) is 6.11. The van der Waals surface area contributed by atoms with Crippen molar-refractivity contribution in [2.75, 3.05) is 25.0 Å². The molecule has 21 heavy (non-hydrogen) atoms. The SMILES string of the molecule is NC(=O)C1CCN(CC(=O)Nc2nc3c(s2)CCC3)CC1.